The van der Waals surface area contributed by atoms with Gasteiger partial charge in [-0.15, -0.1) is 0 Å². The van der Waals surface area contributed by atoms with Gasteiger partial charge in [0.15, 0.2) is 0 Å². The molecule has 3 N–H and O–H groups in total. The molecule has 0 radical (unpaired) electrons. The molecule has 1 unspecified atom stereocenters. The molecule has 3 heteroatoms. The first-order chi connectivity index (χ1) is 5.68. The molecule has 0 aromatic heterocycles. The van der Waals surface area contributed by atoms with Crippen molar-refractivity contribution in [2.24, 2.45) is 11.7 Å². The van der Waals surface area contributed by atoms with Crippen molar-refractivity contribution in [2.75, 3.05) is 6.54 Å². The maximum absolute atomic E-state index is 10.5. The molecule has 1 aliphatic carbocycles. The third-order valence-corrected chi connectivity index (χ3v) is 2.25. The van der Waals surface area contributed by atoms with Crippen molar-refractivity contribution in [1.82, 2.24) is 5.32 Å². The minimum absolute atomic E-state index is 0.221. The zero-order valence-corrected chi connectivity index (χ0v) is 7.68. The summed E-state index contributed by atoms with van der Waals surface area (Å²) in [7, 11) is 0. The monoisotopic (exact) mass is 170 g/mol. The summed E-state index contributed by atoms with van der Waals surface area (Å²) >= 11 is 0. The normalized spacial score (nSPS) is 19.1. The average Bonchev–Trinajstić information content (AvgIpc) is 2.69. The number of carbonyl (C=O) groups is 1. The fourth-order valence-electron chi connectivity index (χ4n) is 1.31. The smallest absolute Gasteiger partial charge is 0.218 e. The zero-order chi connectivity index (χ0) is 8.97. The van der Waals surface area contributed by atoms with Gasteiger partial charge in [-0.2, -0.15) is 0 Å². The van der Waals surface area contributed by atoms with Crippen molar-refractivity contribution in [3.05, 3.63) is 0 Å². The number of nitrogens with one attached hydrogen (secondary N) is 1. The molecule has 1 rings (SSSR count). The van der Waals surface area contributed by atoms with Crippen LogP contribution in [0.4, 0.5) is 0 Å². The molecule has 1 aliphatic rings. The van der Waals surface area contributed by atoms with E-state index in [0.29, 0.717) is 6.42 Å². The predicted molar refractivity (Wildman–Crippen MR) is 48.6 cm³/mol. The quantitative estimate of drug-likeness (QED) is 0.614. The third-order valence-electron chi connectivity index (χ3n) is 2.25. The number of primary amides is 1. The Bertz CT molecular complexity index is 155. The Labute approximate surface area is 73.7 Å². The van der Waals surface area contributed by atoms with Gasteiger partial charge in [-0.1, -0.05) is 12.8 Å². The number of carbonyl (C=O) groups excluding carboxylic acids is 1. The lowest BCUT2D eigenvalue weighted by atomic mass is 10.2. The highest BCUT2D eigenvalue weighted by molar-refractivity contribution is 5.74. The molecule has 1 atom stereocenters. The van der Waals surface area contributed by atoms with Gasteiger partial charge in [0.2, 0.25) is 5.91 Å². The van der Waals surface area contributed by atoms with Gasteiger partial charge >= 0.3 is 0 Å². The van der Waals surface area contributed by atoms with E-state index < -0.39 is 0 Å². The summed E-state index contributed by atoms with van der Waals surface area (Å²) in [6.45, 7) is 3.02. The molecule has 0 spiro atoms. The summed E-state index contributed by atoms with van der Waals surface area (Å²) in [5.74, 6) is 0.736. The van der Waals surface area contributed by atoms with Crippen molar-refractivity contribution in [3.63, 3.8) is 0 Å². The summed E-state index contributed by atoms with van der Waals surface area (Å²) in [6, 6.07) is 0.237. The summed E-state index contributed by atoms with van der Waals surface area (Å²) in [5.41, 5.74) is 5.06. The van der Waals surface area contributed by atoms with Crippen LogP contribution in [0.15, 0.2) is 0 Å². The molecule has 0 aromatic carbocycles. The van der Waals surface area contributed by atoms with E-state index >= 15 is 0 Å². The van der Waals surface area contributed by atoms with Crippen LogP contribution in [0.25, 0.3) is 0 Å². The first-order valence-corrected chi connectivity index (χ1v) is 4.70. The van der Waals surface area contributed by atoms with Crippen LogP contribution in [0.5, 0.6) is 0 Å². The van der Waals surface area contributed by atoms with Crippen LogP contribution in [-0.2, 0) is 4.79 Å². The lowest BCUT2D eigenvalue weighted by Crippen LogP contribution is -2.31. The highest BCUT2D eigenvalue weighted by Gasteiger charge is 2.20. The van der Waals surface area contributed by atoms with E-state index in [1.807, 2.05) is 6.92 Å². The molecule has 1 amide bonds. The van der Waals surface area contributed by atoms with Gasteiger partial charge in [-0.25, -0.2) is 0 Å². The minimum atomic E-state index is -0.221. The van der Waals surface area contributed by atoms with E-state index in [2.05, 4.69) is 5.32 Å². The first kappa shape index (κ1) is 9.52. The Morgan fingerprint density at radius 3 is 2.83 bits per heavy atom. The molecule has 1 saturated carbocycles. The molecule has 0 aliphatic heterocycles. The number of hydrogen-bond donors (Lipinski definition) is 2. The maximum atomic E-state index is 10.5. The summed E-state index contributed by atoms with van der Waals surface area (Å²) in [5, 5.41) is 3.28. The van der Waals surface area contributed by atoms with E-state index in [1.54, 1.807) is 0 Å². The van der Waals surface area contributed by atoms with Crippen LogP contribution in [0, 0.1) is 5.92 Å². The van der Waals surface area contributed by atoms with E-state index in [1.165, 1.54) is 19.3 Å². The van der Waals surface area contributed by atoms with Gasteiger partial charge in [0.1, 0.15) is 0 Å². The Hall–Kier alpha value is -0.570. The second kappa shape index (κ2) is 4.45. The average molecular weight is 170 g/mol. The van der Waals surface area contributed by atoms with Crippen LogP contribution in [-0.4, -0.2) is 18.5 Å². The maximum Gasteiger partial charge on any atom is 0.218 e. The Morgan fingerprint density at radius 2 is 2.33 bits per heavy atom. The predicted octanol–water partition coefficient (Wildman–Crippen LogP) is 0.640. The van der Waals surface area contributed by atoms with Gasteiger partial charge in [0.25, 0.3) is 0 Å². The number of nitrogens with two attached hydrogens (primary N) is 1. The van der Waals surface area contributed by atoms with Gasteiger partial charge < -0.3 is 11.1 Å². The lowest BCUT2D eigenvalue weighted by molar-refractivity contribution is -0.118. The van der Waals surface area contributed by atoms with Crippen molar-refractivity contribution in [3.8, 4) is 0 Å². The minimum Gasteiger partial charge on any atom is -0.370 e. The molecule has 70 valence electrons. The zero-order valence-electron chi connectivity index (χ0n) is 7.68. The molecular formula is C9H18N2O. The molecule has 0 heterocycles. The third kappa shape index (κ3) is 4.34. The second-order valence-corrected chi connectivity index (χ2v) is 3.76. The van der Waals surface area contributed by atoms with Crippen LogP contribution in [0.2, 0.25) is 0 Å². The van der Waals surface area contributed by atoms with Crippen molar-refractivity contribution in [2.45, 2.75) is 38.6 Å². The van der Waals surface area contributed by atoms with Gasteiger partial charge in [-0.3, -0.25) is 4.79 Å². The number of hydrogen-bond acceptors (Lipinski definition) is 2. The van der Waals surface area contributed by atoms with Crippen molar-refractivity contribution < 1.29 is 4.79 Å². The standard InChI is InChI=1S/C9H18N2O/c1-7(6-9(10)12)11-5-4-8-2-3-8/h7-8,11H,2-6H2,1H3,(H2,10,12). The lowest BCUT2D eigenvalue weighted by Gasteiger charge is -2.10. The van der Waals surface area contributed by atoms with Crippen LogP contribution < -0.4 is 11.1 Å². The first-order valence-electron chi connectivity index (χ1n) is 4.70. The molecule has 0 bridgehead atoms. The molecule has 0 saturated heterocycles. The fraction of sp³-hybridized carbons (Fsp3) is 0.889. The Kier molecular flexibility index (Phi) is 3.53. The highest BCUT2D eigenvalue weighted by atomic mass is 16.1. The molecule has 1 fully saturated rings. The number of rotatable bonds is 6. The van der Waals surface area contributed by atoms with E-state index in [9.17, 15) is 4.79 Å². The second-order valence-electron chi connectivity index (χ2n) is 3.76. The van der Waals surface area contributed by atoms with Gasteiger partial charge in [0.05, 0.1) is 0 Å². The largest absolute Gasteiger partial charge is 0.370 e. The Balaban J connectivity index is 1.93. The van der Waals surface area contributed by atoms with Gasteiger partial charge in [0, 0.05) is 12.5 Å². The van der Waals surface area contributed by atoms with Crippen LogP contribution in [0.3, 0.4) is 0 Å². The van der Waals surface area contributed by atoms with Gasteiger partial charge in [-0.05, 0) is 25.8 Å². The Morgan fingerprint density at radius 1 is 1.67 bits per heavy atom. The fourth-order valence-corrected chi connectivity index (χ4v) is 1.31. The number of amides is 1. The SMILES string of the molecule is CC(CC(N)=O)NCCC1CC1. The summed E-state index contributed by atoms with van der Waals surface area (Å²) in [4.78, 5) is 10.5. The van der Waals surface area contributed by atoms with Crippen LogP contribution >= 0.6 is 0 Å². The van der Waals surface area contributed by atoms with E-state index in [4.69, 9.17) is 5.73 Å². The summed E-state index contributed by atoms with van der Waals surface area (Å²) in [6.07, 6.45) is 4.49. The molecule has 12 heavy (non-hydrogen) atoms. The molecule has 3 nitrogen and oxygen atoms in total. The van der Waals surface area contributed by atoms with Crippen molar-refractivity contribution >= 4 is 5.91 Å². The highest BCUT2D eigenvalue weighted by Crippen LogP contribution is 2.31. The summed E-state index contributed by atoms with van der Waals surface area (Å²) < 4.78 is 0. The molecular weight excluding hydrogens is 152 g/mol. The molecule has 0 aromatic rings. The van der Waals surface area contributed by atoms with Crippen molar-refractivity contribution in [1.29, 1.82) is 0 Å². The van der Waals surface area contributed by atoms with E-state index in [-0.39, 0.29) is 11.9 Å². The van der Waals surface area contributed by atoms with E-state index in [0.717, 1.165) is 12.5 Å². The van der Waals surface area contributed by atoms with Crippen LogP contribution in [0.1, 0.15) is 32.6 Å². The topological polar surface area (TPSA) is 55.1 Å².